The fourth-order valence-corrected chi connectivity index (χ4v) is 11.1. The van der Waals surface area contributed by atoms with Gasteiger partial charge >= 0.3 is 0 Å². The Hall–Kier alpha value is -9.16. The SMILES string of the molecule is C1=C(c2ccccc2)NC(c2ccc(-c3ccc(-c4ccc(-c5ccc(C6N=C(c7ccc8ccccc8c7)N7C(c8ccccc8)N67)cc5)c5ccccc45)c4ccccc34)cc2)N=C1c1ccccc1. The van der Waals surface area contributed by atoms with Crippen LogP contribution in [-0.4, -0.2) is 21.6 Å². The third-order valence-electron chi connectivity index (χ3n) is 14.7. The first kappa shape index (κ1) is 41.8. The van der Waals surface area contributed by atoms with Crippen LogP contribution in [0.4, 0.5) is 0 Å². The van der Waals surface area contributed by atoms with Crippen molar-refractivity contribution in [1.29, 1.82) is 0 Å². The zero-order valence-electron chi connectivity index (χ0n) is 39.3. The first-order valence-electron chi connectivity index (χ1n) is 24.8. The van der Waals surface area contributed by atoms with E-state index in [4.69, 9.17) is 9.98 Å². The van der Waals surface area contributed by atoms with Gasteiger partial charge in [-0.05, 0) is 106 Å². The quantitative estimate of drug-likeness (QED) is 0.147. The number of amidine groups is 1. The summed E-state index contributed by atoms with van der Waals surface area (Å²) in [6, 6.07) is 91.9. The van der Waals surface area contributed by atoms with Gasteiger partial charge in [-0.2, -0.15) is 5.01 Å². The summed E-state index contributed by atoms with van der Waals surface area (Å²) in [5.74, 6) is 1.01. The first-order valence-corrected chi connectivity index (χ1v) is 24.8. The van der Waals surface area contributed by atoms with Gasteiger partial charge in [-0.3, -0.25) is 10.0 Å². The van der Waals surface area contributed by atoms with Crippen molar-refractivity contribution < 1.29 is 0 Å². The van der Waals surface area contributed by atoms with Crippen molar-refractivity contribution in [2.75, 3.05) is 0 Å². The number of hydrogen-bond donors (Lipinski definition) is 1. The van der Waals surface area contributed by atoms with Gasteiger partial charge in [0, 0.05) is 11.3 Å². The molecular weight excluding hydrogens is 875 g/mol. The van der Waals surface area contributed by atoms with Crippen molar-refractivity contribution >= 4 is 49.6 Å². The van der Waals surface area contributed by atoms with E-state index in [0.29, 0.717) is 0 Å². The minimum Gasteiger partial charge on any atom is -0.360 e. The maximum Gasteiger partial charge on any atom is 0.150 e. The number of nitrogens with zero attached hydrogens (tertiary/aromatic N) is 4. The minimum absolute atomic E-state index is 0.124. The van der Waals surface area contributed by atoms with Gasteiger partial charge < -0.3 is 5.32 Å². The van der Waals surface area contributed by atoms with Gasteiger partial charge in [0.15, 0.2) is 0 Å². The average Bonchev–Trinajstić information content (AvgIpc) is 4.07. The second kappa shape index (κ2) is 17.4. The Labute approximate surface area is 419 Å². The highest BCUT2D eigenvalue weighted by Gasteiger charge is 2.57. The van der Waals surface area contributed by atoms with Crippen molar-refractivity contribution in [2.24, 2.45) is 9.98 Å². The van der Waals surface area contributed by atoms with E-state index in [9.17, 15) is 0 Å². The Balaban J connectivity index is 0.772. The van der Waals surface area contributed by atoms with Crippen LogP contribution in [-0.2, 0) is 0 Å². The fourth-order valence-electron chi connectivity index (χ4n) is 11.1. The third-order valence-corrected chi connectivity index (χ3v) is 14.7. The van der Waals surface area contributed by atoms with Crippen LogP contribution in [0.2, 0.25) is 0 Å². The summed E-state index contributed by atoms with van der Waals surface area (Å²) in [4.78, 5) is 10.6. The number of aliphatic imine (C=N–C) groups is 2. The lowest BCUT2D eigenvalue weighted by molar-refractivity contribution is 0.341. The van der Waals surface area contributed by atoms with Gasteiger partial charge in [0.2, 0.25) is 0 Å². The highest BCUT2D eigenvalue weighted by atomic mass is 15.9. The number of hydrazine groups is 1. The maximum absolute atomic E-state index is 5.40. The molecule has 4 atom stereocenters. The molecule has 1 N–H and O–H groups in total. The summed E-state index contributed by atoms with van der Waals surface area (Å²) in [5, 5.41) is 15.9. The molecule has 0 aromatic heterocycles. The molecule has 11 aromatic rings. The second-order valence-corrected chi connectivity index (χ2v) is 18.9. The summed E-state index contributed by atoms with van der Waals surface area (Å²) >= 11 is 0. The van der Waals surface area contributed by atoms with Crippen molar-refractivity contribution in [3.8, 4) is 33.4 Å². The molecule has 4 unspecified atom stereocenters. The minimum atomic E-state index is -0.228. The molecule has 3 aliphatic rings. The van der Waals surface area contributed by atoms with Crippen LogP contribution in [0.25, 0.3) is 71.4 Å². The molecule has 0 amide bonds. The molecule has 5 heteroatoms. The molecule has 72 heavy (non-hydrogen) atoms. The van der Waals surface area contributed by atoms with Gasteiger partial charge in [-0.1, -0.05) is 249 Å². The Morgan fingerprint density at radius 2 is 0.833 bits per heavy atom. The molecule has 3 heterocycles. The van der Waals surface area contributed by atoms with E-state index in [1.165, 1.54) is 76.8 Å². The molecule has 0 spiro atoms. The number of rotatable bonds is 9. The van der Waals surface area contributed by atoms with Crippen LogP contribution in [0.1, 0.15) is 51.9 Å². The Morgan fingerprint density at radius 3 is 1.44 bits per heavy atom. The molecule has 11 aromatic carbocycles. The fraction of sp³-hybridized carbons (Fsp3) is 0.0448. The average molecular weight is 922 g/mol. The summed E-state index contributed by atoms with van der Waals surface area (Å²) in [5.41, 5.74) is 16.2. The van der Waals surface area contributed by atoms with Crippen LogP contribution in [0.15, 0.2) is 271 Å². The Kier molecular flexibility index (Phi) is 10.1. The maximum atomic E-state index is 5.40. The smallest absolute Gasteiger partial charge is 0.150 e. The summed E-state index contributed by atoms with van der Waals surface area (Å²) < 4.78 is 0. The van der Waals surface area contributed by atoms with Crippen molar-refractivity contribution in [3.05, 3.63) is 294 Å². The predicted octanol–water partition coefficient (Wildman–Crippen LogP) is 16.0. The highest BCUT2D eigenvalue weighted by molar-refractivity contribution is 6.14. The third kappa shape index (κ3) is 7.29. The number of hydrogen-bond acceptors (Lipinski definition) is 5. The number of benzene rings is 11. The summed E-state index contributed by atoms with van der Waals surface area (Å²) in [7, 11) is 0. The van der Waals surface area contributed by atoms with Crippen molar-refractivity contribution in [3.63, 3.8) is 0 Å². The van der Waals surface area contributed by atoms with Crippen LogP contribution in [0.3, 0.4) is 0 Å². The lowest BCUT2D eigenvalue weighted by atomic mass is 9.88. The Morgan fingerprint density at radius 1 is 0.347 bits per heavy atom. The predicted molar refractivity (Wildman–Crippen MR) is 297 cm³/mol. The van der Waals surface area contributed by atoms with Gasteiger partial charge in [-0.25, -0.2) is 4.99 Å². The first-order chi connectivity index (χ1) is 35.7. The molecule has 14 rings (SSSR count). The molecule has 3 aliphatic heterocycles. The molecule has 0 aliphatic carbocycles. The summed E-state index contributed by atoms with van der Waals surface area (Å²) in [6.45, 7) is 0. The summed E-state index contributed by atoms with van der Waals surface area (Å²) in [6.07, 6.45) is 1.94. The van der Waals surface area contributed by atoms with Gasteiger partial charge in [0.1, 0.15) is 24.3 Å². The van der Waals surface area contributed by atoms with Gasteiger partial charge in [0.25, 0.3) is 0 Å². The molecule has 340 valence electrons. The van der Waals surface area contributed by atoms with E-state index < -0.39 is 0 Å². The number of fused-ring (bicyclic) bond motifs is 4. The van der Waals surface area contributed by atoms with Crippen LogP contribution < -0.4 is 5.32 Å². The van der Waals surface area contributed by atoms with Crippen LogP contribution in [0, 0.1) is 0 Å². The lowest BCUT2D eigenvalue weighted by Gasteiger charge is -2.25. The van der Waals surface area contributed by atoms with Crippen LogP contribution >= 0.6 is 0 Å². The Bertz CT molecular complexity index is 3960. The van der Waals surface area contributed by atoms with E-state index in [0.717, 1.165) is 39.5 Å². The van der Waals surface area contributed by atoms with Crippen molar-refractivity contribution in [2.45, 2.75) is 18.5 Å². The number of nitrogens with one attached hydrogen (secondary N) is 1. The lowest BCUT2D eigenvalue weighted by Crippen LogP contribution is -2.24. The number of allylic oxidation sites excluding steroid dienone is 1. The molecule has 5 nitrogen and oxygen atoms in total. The topological polar surface area (TPSA) is 42.8 Å². The highest BCUT2D eigenvalue weighted by Crippen LogP contribution is 2.54. The molecule has 0 bridgehead atoms. The molecule has 0 saturated carbocycles. The van der Waals surface area contributed by atoms with E-state index in [-0.39, 0.29) is 18.5 Å². The molecule has 1 fully saturated rings. The van der Waals surface area contributed by atoms with Gasteiger partial charge in [-0.15, -0.1) is 0 Å². The molecular formula is C67H47N5. The monoisotopic (exact) mass is 921 g/mol. The van der Waals surface area contributed by atoms with Gasteiger partial charge in [0.05, 0.1) is 5.71 Å². The molecule has 1 saturated heterocycles. The zero-order valence-corrected chi connectivity index (χ0v) is 39.3. The van der Waals surface area contributed by atoms with E-state index >= 15 is 0 Å². The molecule has 0 radical (unpaired) electrons. The second-order valence-electron chi connectivity index (χ2n) is 18.9. The standard InChI is InChI=1S/C67H47N5/c1-4-17-47(18-5-1)62-43-63(48-19-6-2-7-20-48)69-64(68-62)49-33-29-45(30-34-49)54-38-40-60(58-26-14-12-24-56(54)58)61-41-39-55(57-25-13-15-27-59(57)61)46-31-35-50(36-32-46)65-70-66(53-37-28-44-16-10-11-23-52(44)42-53)72-67(71(65)72)51-21-8-3-9-22-51/h1-43,64-65,67-68H. The van der Waals surface area contributed by atoms with E-state index in [2.05, 4.69) is 270 Å². The largest absolute Gasteiger partial charge is 0.360 e. The van der Waals surface area contributed by atoms with Crippen LogP contribution in [0.5, 0.6) is 0 Å². The zero-order chi connectivity index (χ0) is 47.5. The van der Waals surface area contributed by atoms with E-state index in [1.807, 2.05) is 6.07 Å². The van der Waals surface area contributed by atoms with Crippen molar-refractivity contribution in [1.82, 2.24) is 15.3 Å². The normalized spacial score (nSPS) is 18.1. The van der Waals surface area contributed by atoms with E-state index in [1.54, 1.807) is 0 Å².